The average Bonchev–Trinajstić information content (AvgIpc) is 2.36. The number of rotatable bonds is 6. The summed E-state index contributed by atoms with van der Waals surface area (Å²) in [7, 11) is 0. The van der Waals surface area contributed by atoms with Gasteiger partial charge < -0.3 is 5.32 Å². The van der Waals surface area contributed by atoms with E-state index in [1.54, 1.807) is 25.1 Å². The maximum absolute atomic E-state index is 12.8. The van der Waals surface area contributed by atoms with Crippen LogP contribution in [0.2, 0.25) is 0 Å². The number of hydrogen-bond donors (Lipinski definition) is 2. The Morgan fingerprint density at radius 2 is 2.00 bits per heavy atom. The van der Waals surface area contributed by atoms with Crippen LogP contribution in [0.25, 0.3) is 0 Å². The van der Waals surface area contributed by atoms with Crippen LogP contribution in [-0.4, -0.2) is 18.5 Å². The van der Waals surface area contributed by atoms with Crippen molar-refractivity contribution in [2.24, 2.45) is 0 Å². The molecule has 0 aliphatic heterocycles. The summed E-state index contributed by atoms with van der Waals surface area (Å²) < 4.78 is 12.8. The lowest BCUT2D eigenvalue weighted by atomic mass is 10.1. The third-order valence-corrected chi connectivity index (χ3v) is 2.68. The van der Waals surface area contributed by atoms with Gasteiger partial charge in [-0.15, -0.1) is 6.58 Å². The predicted molar refractivity (Wildman–Crippen MR) is 70.6 cm³/mol. The second-order valence-electron chi connectivity index (χ2n) is 4.20. The number of halogens is 1. The molecule has 98 valence electrons. The lowest BCUT2D eigenvalue weighted by Crippen LogP contribution is -2.43. The van der Waals surface area contributed by atoms with Crippen molar-refractivity contribution < 1.29 is 9.18 Å². The van der Waals surface area contributed by atoms with E-state index in [4.69, 9.17) is 0 Å². The Hall–Kier alpha value is -1.68. The molecule has 1 amide bonds. The normalized spacial score (nSPS) is 13.7. The van der Waals surface area contributed by atoms with E-state index in [0.717, 1.165) is 5.56 Å². The maximum atomic E-state index is 12.8. The molecule has 3 nitrogen and oxygen atoms in total. The van der Waals surface area contributed by atoms with Gasteiger partial charge in [0.2, 0.25) is 5.91 Å². The fraction of sp³-hybridized carbons (Fsp3) is 0.357. The highest BCUT2D eigenvalue weighted by Crippen LogP contribution is 2.13. The smallest absolute Gasteiger partial charge is 0.237 e. The minimum absolute atomic E-state index is 0.0184. The molecule has 1 rings (SSSR count). The van der Waals surface area contributed by atoms with Crippen LogP contribution < -0.4 is 10.6 Å². The molecular weight excluding hydrogens is 231 g/mol. The summed E-state index contributed by atoms with van der Waals surface area (Å²) in [5, 5.41) is 5.87. The molecule has 1 unspecified atom stereocenters. The Morgan fingerprint density at radius 1 is 1.39 bits per heavy atom. The van der Waals surface area contributed by atoms with Crippen molar-refractivity contribution in [2.75, 3.05) is 6.54 Å². The average molecular weight is 250 g/mol. The van der Waals surface area contributed by atoms with Crippen LogP contribution in [0.5, 0.6) is 0 Å². The molecule has 0 saturated heterocycles. The molecule has 4 heteroatoms. The second kappa shape index (κ2) is 6.91. The van der Waals surface area contributed by atoms with Gasteiger partial charge in [0.15, 0.2) is 0 Å². The maximum Gasteiger partial charge on any atom is 0.237 e. The van der Waals surface area contributed by atoms with Crippen LogP contribution >= 0.6 is 0 Å². The molecule has 1 aromatic rings. The Labute approximate surface area is 107 Å². The van der Waals surface area contributed by atoms with Gasteiger partial charge in [-0.2, -0.15) is 0 Å². The molecule has 18 heavy (non-hydrogen) atoms. The second-order valence-corrected chi connectivity index (χ2v) is 4.20. The van der Waals surface area contributed by atoms with Crippen molar-refractivity contribution in [3.63, 3.8) is 0 Å². The Balaban J connectivity index is 2.53. The summed E-state index contributed by atoms with van der Waals surface area (Å²) in [6.45, 7) is 7.72. The monoisotopic (exact) mass is 250 g/mol. The molecule has 0 heterocycles. The molecule has 2 atom stereocenters. The van der Waals surface area contributed by atoms with Gasteiger partial charge in [-0.05, 0) is 31.5 Å². The Kier molecular flexibility index (Phi) is 5.52. The highest BCUT2D eigenvalue weighted by molar-refractivity contribution is 5.81. The molecule has 1 aromatic carbocycles. The summed E-state index contributed by atoms with van der Waals surface area (Å²) in [4.78, 5) is 11.6. The molecular formula is C14H19FN2O. The summed E-state index contributed by atoms with van der Waals surface area (Å²) in [5.74, 6) is -0.341. The first-order chi connectivity index (χ1) is 8.54. The molecule has 2 N–H and O–H groups in total. The summed E-state index contributed by atoms with van der Waals surface area (Å²) in [6.07, 6.45) is 1.63. The number of hydrogen-bond acceptors (Lipinski definition) is 2. The highest BCUT2D eigenvalue weighted by Gasteiger charge is 2.15. The van der Waals surface area contributed by atoms with Crippen molar-refractivity contribution in [3.05, 3.63) is 48.3 Å². The van der Waals surface area contributed by atoms with Crippen LogP contribution in [-0.2, 0) is 4.79 Å². The highest BCUT2D eigenvalue weighted by atomic mass is 19.1. The van der Waals surface area contributed by atoms with Gasteiger partial charge in [0.05, 0.1) is 6.04 Å². The van der Waals surface area contributed by atoms with E-state index in [9.17, 15) is 9.18 Å². The topological polar surface area (TPSA) is 41.1 Å². The van der Waals surface area contributed by atoms with Gasteiger partial charge in [0, 0.05) is 12.6 Å². The molecule has 0 radical (unpaired) electrons. The lowest BCUT2D eigenvalue weighted by Gasteiger charge is -2.19. The fourth-order valence-electron chi connectivity index (χ4n) is 1.62. The summed E-state index contributed by atoms with van der Waals surface area (Å²) in [6, 6.07) is 5.91. The van der Waals surface area contributed by atoms with E-state index in [1.165, 1.54) is 12.1 Å². The number of carbonyl (C=O) groups excluding carboxylic acids is 1. The quantitative estimate of drug-likeness (QED) is 0.760. The van der Waals surface area contributed by atoms with Crippen LogP contribution in [0.1, 0.15) is 25.5 Å². The van der Waals surface area contributed by atoms with E-state index in [1.807, 2.05) is 6.92 Å². The van der Waals surface area contributed by atoms with E-state index < -0.39 is 0 Å². The van der Waals surface area contributed by atoms with Crippen molar-refractivity contribution in [1.82, 2.24) is 10.6 Å². The zero-order chi connectivity index (χ0) is 13.5. The molecule has 0 aliphatic rings. The number of nitrogens with one attached hydrogen (secondary N) is 2. The zero-order valence-corrected chi connectivity index (χ0v) is 10.7. The minimum Gasteiger partial charge on any atom is -0.351 e. The van der Waals surface area contributed by atoms with Crippen LogP contribution in [0.4, 0.5) is 4.39 Å². The predicted octanol–water partition coefficient (Wildman–Crippen LogP) is 2.17. The van der Waals surface area contributed by atoms with E-state index >= 15 is 0 Å². The van der Waals surface area contributed by atoms with E-state index in [2.05, 4.69) is 17.2 Å². The first-order valence-corrected chi connectivity index (χ1v) is 5.94. The molecule has 0 bridgehead atoms. The SMILES string of the molecule is C=CCNC(=O)C(C)N[C@H](C)c1ccc(F)cc1. The van der Waals surface area contributed by atoms with E-state index in [-0.39, 0.29) is 23.8 Å². The lowest BCUT2D eigenvalue weighted by molar-refractivity contribution is -0.122. The molecule has 0 spiro atoms. The fourth-order valence-corrected chi connectivity index (χ4v) is 1.62. The number of amides is 1. The molecule has 0 saturated carbocycles. The van der Waals surface area contributed by atoms with Gasteiger partial charge in [-0.25, -0.2) is 4.39 Å². The van der Waals surface area contributed by atoms with Crippen molar-refractivity contribution >= 4 is 5.91 Å². The standard InChI is InChI=1S/C14H19FN2O/c1-4-9-16-14(18)11(3)17-10(2)12-5-7-13(15)8-6-12/h4-8,10-11,17H,1,9H2,2-3H3,(H,16,18)/t10-,11?/m1/s1. The van der Waals surface area contributed by atoms with Crippen LogP contribution in [0.15, 0.2) is 36.9 Å². The van der Waals surface area contributed by atoms with Crippen molar-refractivity contribution in [3.8, 4) is 0 Å². The van der Waals surface area contributed by atoms with Gasteiger partial charge in [0.25, 0.3) is 0 Å². The van der Waals surface area contributed by atoms with E-state index in [0.29, 0.717) is 6.54 Å². The summed E-state index contributed by atoms with van der Waals surface area (Å²) in [5.41, 5.74) is 0.944. The first kappa shape index (κ1) is 14.4. The van der Waals surface area contributed by atoms with Crippen LogP contribution in [0, 0.1) is 5.82 Å². The molecule has 0 fully saturated rings. The number of benzene rings is 1. The molecule has 0 aromatic heterocycles. The third kappa shape index (κ3) is 4.30. The third-order valence-electron chi connectivity index (χ3n) is 2.68. The van der Waals surface area contributed by atoms with Crippen molar-refractivity contribution in [2.45, 2.75) is 25.9 Å². The largest absolute Gasteiger partial charge is 0.351 e. The summed E-state index contributed by atoms with van der Waals surface area (Å²) >= 11 is 0. The van der Waals surface area contributed by atoms with Gasteiger partial charge >= 0.3 is 0 Å². The first-order valence-electron chi connectivity index (χ1n) is 5.94. The number of carbonyl (C=O) groups is 1. The zero-order valence-electron chi connectivity index (χ0n) is 10.7. The van der Waals surface area contributed by atoms with Crippen LogP contribution in [0.3, 0.4) is 0 Å². The minimum atomic E-state index is -0.315. The van der Waals surface area contributed by atoms with Gasteiger partial charge in [0.1, 0.15) is 5.82 Å². The Morgan fingerprint density at radius 3 is 2.56 bits per heavy atom. The molecule has 0 aliphatic carbocycles. The van der Waals surface area contributed by atoms with Gasteiger partial charge in [-0.1, -0.05) is 18.2 Å². The van der Waals surface area contributed by atoms with Gasteiger partial charge in [-0.3, -0.25) is 10.1 Å². The van der Waals surface area contributed by atoms with Crippen molar-refractivity contribution in [1.29, 1.82) is 0 Å². The Bertz CT molecular complexity index is 403.